The summed E-state index contributed by atoms with van der Waals surface area (Å²) < 4.78 is 34.2. The Hall–Kier alpha value is -1.21. The summed E-state index contributed by atoms with van der Waals surface area (Å²) in [5, 5.41) is 120. The van der Waals surface area contributed by atoms with E-state index in [0.29, 0.717) is 12.8 Å². The Bertz CT molecular complexity index is 1300. The first-order valence-electron chi connectivity index (χ1n) is 27.3. The number of amides is 1. The minimum absolute atomic E-state index is 0.245. The molecule has 0 spiro atoms. The maximum absolute atomic E-state index is 13.2. The van der Waals surface area contributed by atoms with Crippen LogP contribution >= 0.6 is 0 Å². The van der Waals surface area contributed by atoms with Gasteiger partial charge >= 0.3 is 0 Å². The van der Waals surface area contributed by atoms with E-state index >= 15 is 0 Å². The Labute approximate surface area is 417 Å². The number of aliphatic hydroxyl groups excluding tert-OH is 11. The first kappa shape index (κ1) is 63.1. The number of aliphatic hydroxyl groups is 11. The van der Waals surface area contributed by atoms with E-state index < -0.39 is 124 Å². The molecule has 0 aromatic carbocycles. The third-order valence-electron chi connectivity index (χ3n) is 14.2. The van der Waals surface area contributed by atoms with Crippen molar-refractivity contribution in [3.8, 4) is 0 Å². The van der Waals surface area contributed by atoms with E-state index in [1.807, 2.05) is 0 Å². The van der Waals surface area contributed by atoms with Crippen molar-refractivity contribution in [2.24, 2.45) is 0 Å². The highest BCUT2D eigenvalue weighted by atomic mass is 16.8. The molecular formula is C51H97NO18. The van der Waals surface area contributed by atoms with E-state index in [1.54, 1.807) is 0 Å². The third-order valence-corrected chi connectivity index (χ3v) is 14.2. The zero-order valence-electron chi connectivity index (χ0n) is 42.5. The molecule has 3 fully saturated rings. The van der Waals surface area contributed by atoms with Crippen LogP contribution in [0.4, 0.5) is 0 Å². The monoisotopic (exact) mass is 1010 g/mol. The van der Waals surface area contributed by atoms with Crippen LogP contribution in [0, 0.1) is 0 Å². The van der Waals surface area contributed by atoms with Crippen LogP contribution in [0.25, 0.3) is 0 Å². The summed E-state index contributed by atoms with van der Waals surface area (Å²) in [5.41, 5.74) is 0. The number of ether oxygens (including phenoxy) is 6. The lowest BCUT2D eigenvalue weighted by atomic mass is 9.96. The van der Waals surface area contributed by atoms with Crippen molar-refractivity contribution in [2.75, 3.05) is 26.4 Å². The molecule has 3 aliphatic heterocycles. The summed E-state index contributed by atoms with van der Waals surface area (Å²) in [5.74, 6) is -0.245. The van der Waals surface area contributed by atoms with Gasteiger partial charge < -0.3 is 89.9 Å². The summed E-state index contributed by atoms with van der Waals surface area (Å²) in [6, 6.07) is -0.877. The van der Waals surface area contributed by atoms with Gasteiger partial charge in [0.25, 0.3) is 0 Å². The minimum Gasteiger partial charge on any atom is -0.394 e. The molecule has 0 saturated carbocycles. The second kappa shape index (κ2) is 36.7. The standard InChI is InChI=1S/C51H97NO18/c1-3-5-7-9-11-13-15-16-17-18-19-20-22-24-26-28-35(56)34(52-39(57)29-27-25-23-21-14-12-10-8-6-4-2)33-65-49-45(63)42(60)47(37(31-54)67-49)70-51-46(64)43(61)48(38(32-55)68-51)69-50-44(62)41(59)40(58)36(30-53)66-50/h34-38,40-51,53-56,58-64H,3-33H2,1-2H3,(H,52,57). The summed E-state index contributed by atoms with van der Waals surface area (Å²) in [6.45, 7) is 1.75. The number of hydrogen-bond acceptors (Lipinski definition) is 18. The highest BCUT2D eigenvalue weighted by Crippen LogP contribution is 2.33. The first-order valence-corrected chi connectivity index (χ1v) is 27.3. The molecule has 3 aliphatic rings. The zero-order valence-corrected chi connectivity index (χ0v) is 42.5. The van der Waals surface area contributed by atoms with E-state index in [9.17, 15) is 61.0 Å². The third kappa shape index (κ3) is 21.9. The zero-order chi connectivity index (χ0) is 51.3. The fraction of sp³-hybridized carbons (Fsp3) is 0.980. The molecule has 17 atom stereocenters. The molecule has 3 saturated heterocycles. The first-order chi connectivity index (χ1) is 33.8. The van der Waals surface area contributed by atoms with Crippen molar-refractivity contribution >= 4 is 5.91 Å². The van der Waals surface area contributed by atoms with Crippen molar-refractivity contribution in [1.29, 1.82) is 0 Å². The van der Waals surface area contributed by atoms with E-state index in [1.165, 1.54) is 109 Å². The van der Waals surface area contributed by atoms with Gasteiger partial charge in [0.1, 0.15) is 73.2 Å². The Morgan fingerprint density at radius 3 is 1.24 bits per heavy atom. The average molecular weight is 1010 g/mol. The molecule has 70 heavy (non-hydrogen) atoms. The van der Waals surface area contributed by atoms with Crippen molar-refractivity contribution in [1.82, 2.24) is 5.32 Å². The molecule has 414 valence electrons. The SMILES string of the molecule is CCCCCCCCCCCCCCCCCC(O)C(COC1OC(CO)C(OC2OC(CO)C(OC3OC(CO)C(O)C(O)C3O)C(O)C2O)C(O)C1O)NC(=O)CCCCCCCCCCCC. The van der Waals surface area contributed by atoms with E-state index in [2.05, 4.69) is 19.2 Å². The van der Waals surface area contributed by atoms with Crippen LogP contribution in [0.5, 0.6) is 0 Å². The van der Waals surface area contributed by atoms with Gasteiger partial charge in [0.2, 0.25) is 5.91 Å². The lowest BCUT2D eigenvalue weighted by Crippen LogP contribution is -2.66. The molecule has 19 heteroatoms. The Morgan fingerprint density at radius 2 is 0.814 bits per heavy atom. The molecule has 0 radical (unpaired) electrons. The molecule has 19 nitrogen and oxygen atoms in total. The van der Waals surface area contributed by atoms with Gasteiger partial charge in [-0.05, 0) is 12.8 Å². The Balaban J connectivity index is 1.53. The molecular weight excluding hydrogens is 915 g/mol. The number of carbonyl (C=O) groups is 1. The van der Waals surface area contributed by atoms with Crippen molar-refractivity contribution in [3.63, 3.8) is 0 Å². The number of unbranched alkanes of at least 4 members (excludes halogenated alkanes) is 23. The van der Waals surface area contributed by atoms with Gasteiger partial charge in [-0.3, -0.25) is 4.79 Å². The van der Waals surface area contributed by atoms with Gasteiger partial charge in [0, 0.05) is 6.42 Å². The average Bonchev–Trinajstić information content (AvgIpc) is 3.35. The second-order valence-corrected chi connectivity index (χ2v) is 20.1. The summed E-state index contributed by atoms with van der Waals surface area (Å²) in [4.78, 5) is 13.2. The molecule has 12 N–H and O–H groups in total. The van der Waals surface area contributed by atoms with Gasteiger partial charge in [0.05, 0.1) is 38.6 Å². The largest absolute Gasteiger partial charge is 0.394 e. The molecule has 0 bridgehead atoms. The number of carbonyl (C=O) groups excluding carboxylic acids is 1. The number of nitrogens with one attached hydrogen (secondary N) is 1. The van der Waals surface area contributed by atoms with Gasteiger partial charge in [-0.15, -0.1) is 0 Å². The maximum atomic E-state index is 13.2. The van der Waals surface area contributed by atoms with Crippen molar-refractivity contribution < 1.29 is 89.4 Å². The van der Waals surface area contributed by atoms with E-state index in [4.69, 9.17) is 28.4 Å². The van der Waals surface area contributed by atoms with Crippen molar-refractivity contribution in [2.45, 2.75) is 291 Å². The molecule has 0 aromatic heterocycles. The van der Waals surface area contributed by atoms with Crippen LogP contribution in [0.1, 0.15) is 187 Å². The van der Waals surface area contributed by atoms with Crippen LogP contribution in [0.2, 0.25) is 0 Å². The van der Waals surface area contributed by atoms with Crippen LogP contribution in [0.15, 0.2) is 0 Å². The van der Waals surface area contributed by atoms with Crippen LogP contribution in [-0.2, 0) is 33.2 Å². The highest BCUT2D eigenvalue weighted by Gasteiger charge is 2.53. The van der Waals surface area contributed by atoms with Gasteiger partial charge in [0.15, 0.2) is 18.9 Å². The van der Waals surface area contributed by atoms with E-state index in [-0.39, 0.29) is 18.9 Å². The molecule has 17 unspecified atom stereocenters. The lowest BCUT2D eigenvalue weighted by molar-refractivity contribution is -0.379. The van der Waals surface area contributed by atoms with Crippen LogP contribution in [-0.4, -0.2) is 193 Å². The fourth-order valence-corrected chi connectivity index (χ4v) is 9.61. The van der Waals surface area contributed by atoms with Crippen LogP contribution < -0.4 is 5.32 Å². The smallest absolute Gasteiger partial charge is 0.220 e. The molecule has 0 aliphatic carbocycles. The predicted molar refractivity (Wildman–Crippen MR) is 259 cm³/mol. The van der Waals surface area contributed by atoms with Crippen molar-refractivity contribution in [3.05, 3.63) is 0 Å². The summed E-state index contributed by atoms with van der Waals surface area (Å²) >= 11 is 0. The Morgan fingerprint density at radius 1 is 0.457 bits per heavy atom. The number of hydrogen-bond donors (Lipinski definition) is 12. The second-order valence-electron chi connectivity index (χ2n) is 20.1. The topological polar surface area (TPSA) is 307 Å². The van der Waals surface area contributed by atoms with E-state index in [0.717, 1.165) is 44.9 Å². The van der Waals surface area contributed by atoms with Crippen LogP contribution in [0.3, 0.4) is 0 Å². The summed E-state index contributed by atoms with van der Waals surface area (Å²) in [6.07, 6.45) is 3.51. The Kier molecular flexibility index (Phi) is 33.1. The predicted octanol–water partition coefficient (Wildman–Crippen LogP) is 2.87. The highest BCUT2D eigenvalue weighted by molar-refractivity contribution is 5.76. The molecule has 0 aromatic rings. The number of rotatable bonds is 39. The maximum Gasteiger partial charge on any atom is 0.220 e. The quantitative estimate of drug-likeness (QED) is 0.0394. The lowest BCUT2D eigenvalue weighted by Gasteiger charge is -2.48. The fourth-order valence-electron chi connectivity index (χ4n) is 9.61. The molecule has 3 rings (SSSR count). The van der Waals surface area contributed by atoms with Gasteiger partial charge in [-0.2, -0.15) is 0 Å². The van der Waals surface area contributed by atoms with Gasteiger partial charge in [-0.1, -0.05) is 168 Å². The normalized spacial score (nSPS) is 32.5. The molecule has 3 heterocycles. The minimum atomic E-state index is -1.97. The summed E-state index contributed by atoms with van der Waals surface area (Å²) in [7, 11) is 0. The molecule has 1 amide bonds. The van der Waals surface area contributed by atoms with Gasteiger partial charge in [-0.25, -0.2) is 0 Å².